The molecule has 6 nitrogen and oxygen atoms in total. The van der Waals surface area contributed by atoms with Crippen LogP contribution in [0, 0.1) is 11.8 Å². The van der Waals surface area contributed by atoms with Gasteiger partial charge in [0.15, 0.2) is 0 Å². The number of unbranched alkanes of at least 4 members (excludes halogenated alkanes) is 2. The van der Waals surface area contributed by atoms with E-state index in [0.717, 1.165) is 57.0 Å². The number of alkyl halides is 3. The lowest BCUT2D eigenvalue weighted by molar-refractivity contribution is -0.147. The topological polar surface area (TPSA) is 74.2 Å². The van der Waals surface area contributed by atoms with E-state index < -0.39 is 17.8 Å². The molecule has 0 aromatic heterocycles. The van der Waals surface area contributed by atoms with Crippen LogP contribution in [0.1, 0.15) is 71.3 Å². The first kappa shape index (κ1) is 32.2. The molecule has 1 aromatic carbocycles. The van der Waals surface area contributed by atoms with Crippen molar-refractivity contribution in [2.75, 3.05) is 6.61 Å². The van der Waals surface area contributed by atoms with Crippen molar-refractivity contribution < 1.29 is 41.9 Å². The Bertz CT molecular complexity index is 982. The molecule has 0 unspecified atom stereocenters. The van der Waals surface area contributed by atoms with Crippen LogP contribution in [-0.2, 0) is 25.0 Å². The Kier molecular flexibility index (Phi) is 12.6. The SMILES string of the molecule is CCCCB1O[C@H]2C[C@@H](O1)[C@H](/C=C/[C@@H](O)COc1cccc(C(F)(F)F)c1)[C@H]2C/C=C\CCCC(=O)OC(C)C. The first-order chi connectivity index (χ1) is 19.1. The third-order valence-corrected chi connectivity index (χ3v) is 7.14. The maximum Gasteiger partial charge on any atom is 0.457 e. The van der Waals surface area contributed by atoms with Gasteiger partial charge in [-0.05, 0) is 70.0 Å². The third kappa shape index (κ3) is 10.3. The average molecular weight is 566 g/mol. The van der Waals surface area contributed by atoms with E-state index in [1.165, 1.54) is 12.1 Å². The molecular weight excluding hydrogens is 524 g/mol. The molecule has 3 rings (SSSR count). The molecule has 2 bridgehead atoms. The van der Waals surface area contributed by atoms with E-state index in [0.29, 0.717) is 6.42 Å². The average Bonchev–Trinajstić information content (AvgIpc) is 3.14. The highest BCUT2D eigenvalue weighted by molar-refractivity contribution is 6.44. The molecule has 1 N–H and O–H groups in total. The van der Waals surface area contributed by atoms with Crippen molar-refractivity contribution in [3.8, 4) is 5.75 Å². The van der Waals surface area contributed by atoms with Crippen molar-refractivity contribution in [1.29, 1.82) is 0 Å². The Balaban J connectivity index is 1.57. The predicted octanol–water partition coefficient (Wildman–Crippen LogP) is 6.78. The lowest BCUT2D eigenvalue weighted by Gasteiger charge is -2.27. The Labute approximate surface area is 236 Å². The summed E-state index contributed by atoms with van der Waals surface area (Å²) in [5, 5.41) is 10.5. The molecule has 0 radical (unpaired) electrons. The minimum Gasteiger partial charge on any atom is -0.491 e. The Morgan fingerprint density at radius 1 is 1.20 bits per heavy atom. The highest BCUT2D eigenvalue weighted by Crippen LogP contribution is 2.44. The number of ether oxygens (including phenoxy) is 2. The molecule has 2 aliphatic rings. The quantitative estimate of drug-likeness (QED) is 0.109. The van der Waals surface area contributed by atoms with Gasteiger partial charge in [0.25, 0.3) is 0 Å². The number of rotatable bonds is 15. The fourth-order valence-corrected chi connectivity index (χ4v) is 5.20. The van der Waals surface area contributed by atoms with Gasteiger partial charge >= 0.3 is 19.3 Å². The van der Waals surface area contributed by atoms with Crippen molar-refractivity contribution in [3.63, 3.8) is 0 Å². The molecule has 2 fully saturated rings. The number of aliphatic hydroxyl groups is 1. The minimum atomic E-state index is -4.46. The molecule has 1 saturated carbocycles. The monoisotopic (exact) mass is 566 g/mol. The predicted molar refractivity (Wildman–Crippen MR) is 148 cm³/mol. The molecular formula is C30H42BF3O6. The number of fused-ring (bicyclic) bond motifs is 2. The Morgan fingerprint density at radius 3 is 2.70 bits per heavy atom. The number of carbonyl (C=O) groups excluding carboxylic acids is 1. The smallest absolute Gasteiger partial charge is 0.457 e. The minimum absolute atomic E-state index is 0.0190. The molecule has 1 saturated heterocycles. The molecule has 1 aliphatic heterocycles. The van der Waals surface area contributed by atoms with Gasteiger partial charge in [-0.1, -0.05) is 50.1 Å². The summed E-state index contributed by atoms with van der Waals surface area (Å²) in [7, 11) is -0.241. The van der Waals surface area contributed by atoms with Crippen molar-refractivity contribution in [1.82, 2.24) is 0 Å². The van der Waals surface area contributed by atoms with Crippen molar-refractivity contribution in [2.24, 2.45) is 11.8 Å². The summed E-state index contributed by atoms with van der Waals surface area (Å²) in [6.07, 6.45) is 8.56. The van der Waals surface area contributed by atoms with Crippen LogP contribution in [0.3, 0.4) is 0 Å². The molecule has 0 amide bonds. The highest BCUT2D eigenvalue weighted by Gasteiger charge is 2.49. The van der Waals surface area contributed by atoms with Crippen LogP contribution >= 0.6 is 0 Å². The first-order valence-corrected chi connectivity index (χ1v) is 14.4. The molecule has 1 aromatic rings. The van der Waals surface area contributed by atoms with Crippen LogP contribution in [-0.4, -0.2) is 49.2 Å². The molecule has 1 aliphatic carbocycles. The molecule has 5 atom stereocenters. The second-order valence-corrected chi connectivity index (χ2v) is 10.8. The zero-order valence-electron chi connectivity index (χ0n) is 23.6. The Hall–Kier alpha value is -2.30. The normalized spacial score (nSPS) is 23.9. The van der Waals surface area contributed by atoms with Gasteiger partial charge in [-0.15, -0.1) is 0 Å². The summed E-state index contributed by atoms with van der Waals surface area (Å²) in [6, 6.07) is 4.62. The maximum absolute atomic E-state index is 13.0. The molecule has 0 spiro atoms. The van der Waals surface area contributed by atoms with Gasteiger partial charge in [-0.25, -0.2) is 0 Å². The van der Waals surface area contributed by atoms with Crippen LogP contribution in [0.15, 0.2) is 48.6 Å². The van der Waals surface area contributed by atoms with Gasteiger partial charge in [0.2, 0.25) is 0 Å². The lowest BCUT2D eigenvalue weighted by atomic mass is 9.80. The van der Waals surface area contributed by atoms with E-state index in [2.05, 4.69) is 19.1 Å². The summed E-state index contributed by atoms with van der Waals surface area (Å²) in [4.78, 5) is 11.7. The van der Waals surface area contributed by atoms with Crippen LogP contribution in [0.2, 0.25) is 6.32 Å². The van der Waals surface area contributed by atoms with Crippen molar-refractivity contribution in [2.45, 2.75) is 103 Å². The number of allylic oxidation sites excluding steroid dienone is 2. The number of hydrogen-bond acceptors (Lipinski definition) is 6. The molecule has 40 heavy (non-hydrogen) atoms. The van der Waals surface area contributed by atoms with Gasteiger partial charge in [-0.3, -0.25) is 4.79 Å². The standard InChI is InChI=1S/C30H42BF3O6/c1-4-5-17-31-39-27-19-28(40-31)26(25(27)13-8-6-7-9-14-29(36)38-21(2)3)16-15-23(35)20-37-24-12-10-11-22(18-24)30(32,33)34/h6,8,10-12,15-16,18,21,23,25-28,35H,4-5,7,9,13-14,17,19-20H2,1-3H3/b8-6-,16-15+/t23-,25-,26-,27+,28-/m1/s1. The van der Waals surface area contributed by atoms with E-state index in [-0.39, 0.29) is 55.6 Å². The van der Waals surface area contributed by atoms with Crippen LogP contribution in [0.5, 0.6) is 5.75 Å². The van der Waals surface area contributed by atoms with Gasteiger partial charge in [0.1, 0.15) is 18.5 Å². The summed E-state index contributed by atoms with van der Waals surface area (Å²) in [6.45, 7) is 5.63. The maximum atomic E-state index is 13.0. The van der Waals surface area contributed by atoms with Crippen molar-refractivity contribution >= 4 is 13.1 Å². The summed E-state index contributed by atoms with van der Waals surface area (Å²) in [5.74, 6) is 0.0459. The van der Waals surface area contributed by atoms with Gasteiger partial charge in [0, 0.05) is 18.4 Å². The number of esters is 1. The lowest BCUT2D eigenvalue weighted by Crippen LogP contribution is -2.37. The fourth-order valence-electron chi connectivity index (χ4n) is 5.20. The summed E-state index contributed by atoms with van der Waals surface area (Å²) < 4.78 is 62.0. The second-order valence-electron chi connectivity index (χ2n) is 10.8. The zero-order chi connectivity index (χ0) is 29.1. The largest absolute Gasteiger partial charge is 0.491 e. The van der Waals surface area contributed by atoms with Crippen LogP contribution in [0.25, 0.3) is 0 Å². The van der Waals surface area contributed by atoms with E-state index in [1.807, 2.05) is 19.9 Å². The number of hydrogen-bond donors (Lipinski definition) is 1. The highest BCUT2D eigenvalue weighted by atomic mass is 19.4. The zero-order valence-corrected chi connectivity index (χ0v) is 23.6. The summed E-state index contributed by atoms with van der Waals surface area (Å²) in [5.41, 5.74) is -0.797. The Morgan fingerprint density at radius 2 is 1.98 bits per heavy atom. The fraction of sp³-hybridized carbons (Fsp3) is 0.633. The number of aliphatic hydroxyl groups excluding tert-OH is 1. The molecule has 10 heteroatoms. The number of halogens is 3. The number of carbonyl (C=O) groups is 1. The second kappa shape index (κ2) is 15.6. The molecule has 222 valence electrons. The van der Waals surface area contributed by atoms with Crippen LogP contribution < -0.4 is 4.74 Å². The molecule has 1 heterocycles. The summed E-state index contributed by atoms with van der Waals surface area (Å²) >= 11 is 0. The third-order valence-electron chi connectivity index (χ3n) is 7.14. The van der Waals surface area contributed by atoms with Gasteiger partial charge in [0.05, 0.1) is 17.8 Å². The van der Waals surface area contributed by atoms with Crippen LogP contribution in [0.4, 0.5) is 13.2 Å². The van der Waals surface area contributed by atoms with Gasteiger partial charge < -0.3 is 23.9 Å². The first-order valence-electron chi connectivity index (χ1n) is 14.4. The van der Waals surface area contributed by atoms with E-state index in [9.17, 15) is 23.1 Å². The van der Waals surface area contributed by atoms with E-state index >= 15 is 0 Å². The van der Waals surface area contributed by atoms with E-state index in [4.69, 9.17) is 18.8 Å². The van der Waals surface area contributed by atoms with Gasteiger partial charge in [-0.2, -0.15) is 13.2 Å². The van der Waals surface area contributed by atoms with Crippen molar-refractivity contribution in [3.05, 3.63) is 54.1 Å². The number of benzene rings is 1. The van der Waals surface area contributed by atoms with E-state index in [1.54, 1.807) is 6.08 Å².